The summed E-state index contributed by atoms with van der Waals surface area (Å²) in [6.07, 6.45) is 0. The predicted octanol–water partition coefficient (Wildman–Crippen LogP) is 1.93. The minimum absolute atomic E-state index is 0.435. The van der Waals surface area contributed by atoms with Gasteiger partial charge in [-0.05, 0) is 0 Å². The number of ketones is 1. The van der Waals surface area contributed by atoms with Crippen molar-refractivity contribution >= 4 is 11.8 Å². The van der Waals surface area contributed by atoms with Crippen molar-refractivity contribution < 1.29 is 19.1 Å². The topological polar surface area (TPSA) is 54.4 Å². The van der Waals surface area contributed by atoms with E-state index in [4.69, 9.17) is 9.90 Å². The molecule has 1 aromatic carbocycles. The van der Waals surface area contributed by atoms with E-state index in [1.54, 1.807) is 30.3 Å². The quantitative estimate of drug-likeness (QED) is 0.738. The maximum Gasteiger partial charge on any atom is 0.300 e. The summed E-state index contributed by atoms with van der Waals surface area (Å²) in [5.74, 6) is -1.29. The van der Waals surface area contributed by atoms with Gasteiger partial charge >= 0.3 is 0 Å². The summed E-state index contributed by atoms with van der Waals surface area (Å²) in [7, 11) is 0. The summed E-state index contributed by atoms with van der Waals surface area (Å²) < 4.78 is 11.7. The Hall–Kier alpha value is -1.71. The highest BCUT2D eigenvalue weighted by atomic mass is 19.1. The molecule has 1 rings (SSSR count). The number of alkyl halides is 1. The summed E-state index contributed by atoms with van der Waals surface area (Å²) in [4.78, 5) is 19.6. The Labute approximate surface area is 81.2 Å². The molecule has 4 heteroatoms. The Morgan fingerprint density at radius 3 is 2.07 bits per heavy atom. The van der Waals surface area contributed by atoms with E-state index in [1.807, 2.05) is 0 Å². The molecule has 0 radical (unpaired) electrons. The fraction of sp³-hybridized carbons (Fsp3) is 0.200. The Bertz CT molecular complexity index is 291. The van der Waals surface area contributed by atoms with E-state index >= 15 is 0 Å². The average molecular weight is 198 g/mol. The lowest BCUT2D eigenvalue weighted by atomic mass is 10.1. The SMILES string of the molecule is CC(=O)O.O=C(CF)c1ccccc1. The first-order valence-corrected chi connectivity index (χ1v) is 3.91. The van der Waals surface area contributed by atoms with Gasteiger partial charge < -0.3 is 5.11 Å². The molecule has 0 heterocycles. The lowest BCUT2D eigenvalue weighted by Gasteiger charge is -1.91. The van der Waals surface area contributed by atoms with E-state index in [9.17, 15) is 9.18 Å². The number of carbonyl (C=O) groups excluding carboxylic acids is 1. The molecule has 3 nitrogen and oxygen atoms in total. The highest BCUT2D eigenvalue weighted by Crippen LogP contribution is 1.99. The van der Waals surface area contributed by atoms with Crippen molar-refractivity contribution in [2.45, 2.75) is 6.92 Å². The Balaban J connectivity index is 0.000000364. The molecule has 0 saturated heterocycles. The summed E-state index contributed by atoms with van der Waals surface area (Å²) in [5, 5.41) is 7.42. The normalized spacial score (nSPS) is 8.43. The number of carboxylic acid groups (broad SMARTS) is 1. The number of aliphatic carboxylic acids is 1. The Kier molecular flexibility index (Phi) is 5.94. The van der Waals surface area contributed by atoms with Crippen LogP contribution in [0.15, 0.2) is 30.3 Å². The van der Waals surface area contributed by atoms with Crippen LogP contribution in [0.25, 0.3) is 0 Å². The van der Waals surface area contributed by atoms with E-state index in [-0.39, 0.29) is 0 Å². The minimum atomic E-state index is -0.913. The van der Waals surface area contributed by atoms with Gasteiger partial charge in [0, 0.05) is 12.5 Å². The molecule has 0 unspecified atom stereocenters. The second kappa shape index (κ2) is 6.77. The smallest absolute Gasteiger partial charge is 0.300 e. The first-order chi connectivity index (χ1) is 6.57. The van der Waals surface area contributed by atoms with Crippen molar-refractivity contribution in [1.82, 2.24) is 0 Å². The molecule has 1 N–H and O–H groups in total. The van der Waals surface area contributed by atoms with Crippen molar-refractivity contribution in [1.29, 1.82) is 0 Å². The molecule has 0 bridgehead atoms. The van der Waals surface area contributed by atoms with Gasteiger partial charge in [-0.3, -0.25) is 9.59 Å². The van der Waals surface area contributed by atoms with Crippen LogP contribution in [0.2, 0.25) is 0 Å². The summed E-state index contributed by atoms with van der Waals surface area (Å²) in [6, 6.07) is 8.41. The predicted molar refractivity (Wildman–Crippen MR) is 50.1 cm³/mol. The van der Waals surface area contributed by atoms with E-state index in [0.29, 0.717) is 5.56 Å². The van der Waals surface area contributed by atoms with Gasteiger partial charge in [-0.25, -0.2) is 4.39 Å². The van der Waals surface area contributed by atoms with Crippen LogP contribution in [0.4, 0.5) is 4.39 Å². The number of carbonyl (C=O) groups is 2. The first kappa shape index (κ1) is 12.3. The van der Waals surface area contributed by atoms with Gasteiger partial charge in [0.15, 0.2) is 12.5 Å². The third-order valence-electron chi connectivity index (χ3n) is 1.22. The number of benzene rings is 1. The number of hydrogen-bond donors (Lipinski definition) is 1. The second-order valence-corrected chi connectivity index (χ2v) is 2.44. The molecule has 14 heavy (non-hydrogen) atoms. The third-order valence-corrected chi connectivity index (χ3v) is 1.22. The summed E-state index contributed by atoms with van der Waals surface area (Å²) >= 11 is 0. The molecule has 0 atom stereocenters. The van der Waals surface area contributed by atoms with Gasteiger partial charge in [0.1, 0.15) is 0 Å². The third kappa shape index (κ3) is 5.88. The Morgan fingerprint density at radius 1 is 1.29 bits per heavy atom. The number of carboxylic acids is 1. The van der Waals surface area contributed by atoms with Crippen molar-refractivity contribution in [3.63, 3.8) is 0 Å². The molecular weight excluding hydrogens is 187 g/mol. The van der Waals surface area contributed by atoms with Gasteiger partial charge in [0.2, 0.25) is 0 Å². The largest absolute Gasteiger partial charge is 0.481 e. The van der Waals surface area contributed by atoms with Crippen LogP contribution in [0.1, 0.15) is 17.3 Å². The average Bonchev–Trinajstić information content (AvgIpc) is 2.17. The highest BCUT2D eigenvalue weighted by Gasteiger charge is 2.01. The van der Waals surface area contributed by atoms with Crippen LogP contribution in [0.3, 0.4) is 0 Å². The van der Waals surface area contributed by atoms with Crippen molar-refractivity contribution in [3.8, 4) is 0 Å². The van der Waals surface area contributed by atoms with Crippen LogP contribution >= 0.6 is 0 Å². The Morgan fingerprint density at radius 2 is 1.71 bits per heavy atom. The fourth-order valence-electron chi connectivity index (χ4n) is 0.701. The lowest BCUT2D eigenvalue weighted by molar-refractivity contribution is -0.134. The summed E-state index contributed by atoms with van der Waals surface area (Å²) in [5.41, 5.74) is 0.435. The standard InChI is InChI=1S/C8H7FO.C2H4O2/c9-6-8(10)7-4-2-1-3-5-7;1-2(3)4/h1-5H,6H2;1H3,(H,3,4). The van der Waals surface area contributed by atoms with Gasteiger partial charge in [-0.2, -0.15) is 0 Å². The zero-order chi connectivity index (χ0) is 11.0. The van der Waals surface area contributed by atoms with E-state index in [0.717, 1.165) is 6.92 Å². The maximum absolute atomic E-state index is 11.7. The molecule has 0 aromatic heterocycles. The maximum atomic E-state index is 11.7. The summed E-state index contributed by atoms with van der Waals surface area (Å²) in [6.45, 7) is 0.171. The van der Waals surface area contributed by atoms with E-state index < -0.39 is 18.4 Å². The molecule has 0 aliphatic carbocycles. The number of rotatable bonds is 2. The van der Waals surface area contributed by atoms with Gasteiger partial charge in [-0.1, -0.05) is 30.3 Å². The van der Waals surface area contributed by atoms with Crippen molar-refractivity contribution in [2.24, 2.45) is 0 Å². The molecule has 76 valence electrons. The fourth-order valence-corrected chi connectivity index (χ4v) is 0.701. The number of halogens is 1. The van der Waals surface area contributed by atoms with Crippen LogP contribution < -0.4 is 0 Å². The van der Waals surface area contributed by atoms with Crippen LogP contribution in [0, 0.1) is 0 Å². The molecule has 0 saturated carbocycles. The van der Waals surface area contributed by atoms with Crippen molar-refractivity contribution in [3.05, 3.63) is 35.9 Å². The van der Waals surface area contributed by atoms with Crippen LogP contribution in [-0.2, 0) is 4.79 Å². The number of hydrogen-bond acceptors (Lipinski definition) is 2. The molecule has 0 amide bonds. The molecule has 0 aliphatic heterocycles. The van der Waals surface area contributed by atoms with Gasteiger partial charge in [-0.15, -0.1) is 0 Å². The zero-order valence-corrected chi connectivity index (χ0v) is 7.74. The molecule has 1 aromatic rings. The monoisotopic (exact) mass is 198 g/mol. The molecule has 0 aliphatic rings. The molecular formula is C10H11FO3. The molecule has 0 spiro atoms. The van der Waals surface area contributed by atoms with Crippen LogP contribution in [0.5, 0.6) is 0 Å². The highest BCUT2D eigenvalue weighted by molar-refractivity contribution is 5.96. The van der Waals surface area contributed by atoms with Gasteiger partial charge in [0.25, 0.3) is 5.97 Å². The zero-order valence-electron chi connectivity index (χ0n) is 7.74. The van der Waals surface area contributed by atoms with Crippen molar-refractivity contribution in [2.75, 3.05) is 6.67 Å². The first-order valence-electron chi connectivity index (χ1n) is 3.91. The minimum Gasteiger partial charge on any atom is -0.481 e. The number of Topliss-reactive ketones (excluding diaryl/α,β-unsaturated/α-hetero) is 1. The van der Waals surface area contributed by atoms with E-state index in [2.05, 4.69) is 0 Å². The van der Waals surface area contributed by atoms with Crippen LogP contribution in [-0.4, -0.2) is 23.5 Å². The lowest BCUT2D eigenvalue weighted by Crippen LogP contribution is -1.99. The van der Waals surface area contributed by atoms with Gasteiger partial charge in [0.05, 0.1) is 0 Å². The molecule has 0 fully saturated rings. The van der Waals surface area contributed by atoms with E-state index in [1.165, 1.54) is 0 Å². The second-order valence-electron chi connectivity index (χ2n) is 2.44.